The van der Waals surface area contributed by atoms with E-state index in [4.69, 9.17) is 9.47 Å². The number of aliphatic hydroxyl groups excluding tert-OH is 1. The second-order valence-corrected chi connectivity index (χ2v) is 17.0. The number of aliphatic hydroxyl groups is 1. The Hall–Kier alpha value is -4.57. The number of esters is 1. The van der Waals surface area contributed by atoms with Gasteiger partial charge in [-0.2, -0.15) is 0 Å². The monoisotopic (exact) mass is 815 g/mol. The van der Waals surface area contributed by atoms with E-state index in [0.717, 1.165) is 16.9 Å². The second kappa shape index (κ2) is 21.3. The highest BCUT2D eigenvalue weighted by molar-refractivity contribution is 7.09. The van der Waals surface area contributed by atoms with E-state index in [2.05, 4.69) is 15.6 Å². The lowest BCUT2D eigenvalue weighted by atomic mass is 9.94. The zero-order valence-electron chi connectivity index (χ0n) is 34.7. The third-order valence-corrected chi connectivity index (χ3v) is 10.9. The number of carbonyl (C=O) groups excluding carboxylic acids is 5. The van der Waals surface area contributed by atoms with Crippen LogP contribution in [0.1, 0.15) is 121 Å². The van der Waals surface area contributed by atoms with Crippen LogP contribution in [0.15, 0.2) is 35.7 Å². The highest BCUT2D eigenvalue weighted by Crippen LogP contribution is 2.31. The van der Waals surface area contributed by atoms with Gasteiger partial charge in [-0.1, -0.05) is 58.0 Å². The van der Waals surface area contributed by atoms with Gasteiger partial charge in [0.2, 0.25) is 11.8 Å². The molecule has 57 heavy (non-hydrogen) atoms. The van der Waals surface area contributed by atoms with E-state index < -0.39 is 83.6 Å². The number of amides is 4. The molecule has 3 rings (SSSR count). The van der Waals surface area contributed by atoms with Crippen LogP contribution in [0, 0.1) is 11.8 Å². The fourth-order valence-electron chi connectivity index (χ4n) is 6.85. The number of nitrogens with zero attached hydrogens (tertiary/aromatic N) is 3. The highest BCUT2D eigenvalue weighted by Gasteiger charge is 2.40. The standard InChI is InChI=1S/C41H61N5O10S/c1-10-32(48)34(44-36(50)30-18-14-15-19-46(30)40(54)56-41(6,7)8)38(51)45(9)31(24(2)3)22-33(55-26(5)47)37-43-29(23-57-37)35(49)42-28(20-25(4)39(52)53)21-27-16-12-11-13-17-27/h11-13,16-17,23-25,28,30-34,48H,10,14-15,18-22H2,1-9H3,(H,42,49)(H,44,50)(H,52,53). The van der Waals surface area contributed by atoms with Crippen LogP contribution in [0.5, 0.6) is 0 Å². The predicted molar refractivity (Wildman–Crippen MR) is 214 cm³/mol. The number of aromatic nitrogens is 1. The number of carboxylic acid groups (broad SMARTS) is 1. The Morgan fingerprint density at radius 1 is 1.04 bits per heavy atom. The number of hydrogen-bond donors (Lipinski definition) is 4. The molecule has 4 N–H and O–H groups in total. The van der Waals surface area contributed by atoms with Crippen molar-refractivity contribution in [2.24, 2.45) is 11.8 Å². The van der Waals surface area contributed by atoms with E-state index in [0.29, 0.717) is 37.2 Å². The average molecular weight is 816 g/mol. The molecule has 4 amide bonds. The van der Waals surface area contributed by atoms with Gasteiger partial charge < -0.3 is 35.2 Å². The molecule has 0 bridgehead atoms. The van der Waals surface area contributed by atoms with Gasteiger partial charge in [0, 0.05) is 44.4 Å². The normalized spacial score (nSPS) is 17.7. The van der Waals surface area contributed by atoms with Crippen molar-refractivity contribution in [1.29, 1.82) is 0 Å². The summed E-state index contributed by atoms with van der Waals surface area (Å²) >= 11 is 1.11. The molecule has 1 aromatic carbocycles. The molecule has 316 valence electrons. The minimum Gasteiger partial charge on any atom is -0.481 e. The number of rotatable bonds is 18. The summed E-state index contributed by atoms with van der Waals surface area (Å²) in [6, 6.07) is 6.08. The van der Waals surface area contributed by atoms with E-state index in [1.54, 1.807) is 41.7 Å². The number of piperidine rings is 1. The van der Waals surface area contributed by atoms with Crippen molar-refractivity contribution in [2.75, 3.05) is 13.6 Å². The minimum atomic E-state index is -1.34. The topological polar surface area (TPSA) is 205 Å². The maximum absolute atomic E-state index is 14.2. The Labute approximate surface area is 339 Å². The second-order valence-electron chi connectivity index (χ2n) is 16.1. The molecule has 16 heteroatoms. The molecule has 0 spiro atoms. The average Bonchev–Trinajstić information content (AvgIpc) is 3.64. The lowest BCUT2D eigenvalue weighted by Gasteiger charge is -2.38. The number of benzene rings is 1. The molecule has 1 aliphatic heterocycles. The maximum atomic E-state index is 14.2. The van der Waals surface area contributed by atoms with E-state index in [1.807, 2.05) is 44.2 Å². The van der Waals surface area contributed by atoms with Crippen LogP contribution in [-0.2, 0) is 35.1 Å². The number of nitrogens with one attached hydrogen (secondary N) is 2. The summed E-state index contributed by atoms with van der Waals surface area (Å²) in [5, 5.41) is 28.2. The molecule has 1 aliphatic rings. The third-order valence-electron chi connectivity index (χ3n) is 9.93. The number of ether oxygens (including phenoxy) is 2. The summed E-state index contributed by atoms with van der Waals surface area (Å²) in [6.07, 6.45) is -0.252. The first-order valence-electron chi connectivity index (χ1n) is 19.7. The fourth-order valence-corrected chi connectivity index (χ4v) is 7.69. The van der Waals surface area contributed by atoms with E-state index >= 15 is 0 Å². The van der Waals surface area contributed by atoms with Crippen LogP contribution >= 0.6 is 11.3 Å². The number of carbonyl (C=O) groups is 6. The molecule has 0 aliphatic carbocycles. The zero-order valence-corrected chi connectivity index (χ0v) is 35.5. The summed E-state index contributed by atoms with van der Waals surface area (Å²) in [7, 11) is 1.55. The zero-order chi connectivity index (χ0) is 42.6. The SMILES string of the molecule is CCC(O)C(NC(=O)C1CCCCN1C(=O)OC(C)(C)C)C(=O)N(C)C(CC(OC(C)=O)c1nc(C(=O)NC(Cc2ccccc2)CC(C)C(=O)O)cs1)C(C)C. The molecular formula is C41H61N5O10S. The molecule has 7 atom stereocenters. The molecule has 1 fully saturated rings. The van der Waals surface area contributed by atoms with Gasteiger partial charge >= 0.3 is 18.0 Å². The Balaban J connectivity index is 1.83. The molecule has 1 saturated heterocycles. The van der Waals surface area contributed by atoms with Gasteiger partial charge in [-0.3, -0.25) is 28.9 Å². The van der Waals surface area contributed by atoms with Crippen molar-refractivity contribution in [1.82, 2.24) is 25.4 Å². The highest BCUT2D eigenvalue weighted by atomic mass is 32.1. The first-order valence-corrected chi connectivity index (χ1v) is 20.5. The summed E-state index contributed by atoms with van der Waals surface area (Å²) in [5.41, 5.74) is 0.221. The van der Waals surface area contributed by atoms with Crippen LogP contribution in [0.4, 0.5) is 4.79 Å². The Kier molecular flexibility index (Phi) is 17.5. The van der Waals surface area contributed by atoms with Crippen LogP contribution < -0.4 is 10.6 Å². The molecule has 0 saturated carbocycles. The Morgan fingerprint density at radius 2 is 1.70 bits per heavy atom. The van der Waals surface area contributed by atoms with Gasteiger partial charge in [0.1, 0.15) is 28.4 Å². The van der Waals surface area contributed by atoms with Gasteiger partial charge in [0.25, 0.3) is 5.91 Å². The first kappa shape index (κ1) is 46.8. The summed E-state index contributed by atoms with van der Waals surface area (Å²) < 4.78 is 11.3. The van der Waals surface area contributed by atoms with Gasteiger partial charge in [-0.25, -0.2) is 9.78 Å². The predicted octanol–water partition coefficient (Wildman–Crippen LogP) is 5.12. The van der Waals surface area contributed by atoms with Crippen LogP contribution in [-0.4, -0.2) is 110 Å². The number of hydrogen-bond acceptors (Lipinski definition) is 11. The quantitative estimate of drug-likeness (QED) is 0.146. The summed E-state index contributed by atoms with van der Waals surface area (Å²) in [6.45, 7) is 13.8. The summed E-state index contributed by atoms with van der Waals surface area (Å²) in [5.74, 6) is -4.15. The number of likely N-dealkylation sites (N-methyl/N-ethyl adjacent to an activating group) is 1. The number of likely N-dealkylation sites (tertiary alicyclic amines) is 1. The lowest BCUT2D eigenvalue weighted by molar-refractivity contribution is -0.149. The first-order chi connectivity index (χ1) is 26.7. The van der Waals surface area contributed by atoms with E-state index in [9.17, 15) is 39.0 Å². The molecule has 1 aromatic heterocycles. The maximum Gasteiger partial charge on any atom is 0.410 e. The van der Waals surface area contributed by atoms with Gasteiger partial charge in [0.15, 0.2) is 6.10 Å². The number of carboxylic acids is 1. The van der Waals surface area contributed by atoms with Crippen LogP contribution in [0.25, 0.3) is 0 Å². The van der Waals surface area contributed by atoms with Gasteiger partial charge in [0.05, 0.1) is 12.0 Å². The smallest absolute Gasteiger partial charge is 0.410 e. The molecule has 0 radical (unpaired) electrons. The Bertz CT molecular complexity index is 1680. The minimum absolute atomic E-state index is 0.0655. The summed E-state index contributed by atoms with van der Waals surface area (Å²) in [4.78, 5) is 85.9. The van der Waals surface area contributed by atoms with Crippen molar-refractivity contribution >= 4 is 47.1 Å². The van der Waals surface area contributed by atoms with Crippen molar-refractivity contribution in [3.63, 3.8) is 0 Å². The van der Waals surface area contributed by atoms with Gasteiger partial charge in [-0.05, 0) is 70.8 Å². The molecule has 2 heterocycles. The molecule has 15 nitrogen and oxygen atoms in total. The molecular weight excluding hydrogens is 755 g/mol. The van der Waals surface area contributed by atoms with E-state index in [-0.39, 0.29) is 30.9 Å². The van der Waals surface area contributed by atoms with Crippen molar-refractivity contribution in [3.05, 3.63) is 52.0 Å². The molecule has 2 aromatic rings. The third kappa shape index (κ3) is 14.1. The van der Waals surface area contributed by atoms with Crippen LogP contribution in [0.2, 0.25) is 0 Å². The van der Waals surface area contributed by atoms with Crippen molar-refractivity contribution < 1.29 is 48.5 Å². The van der Waals surface area contributed by atoms with Crippen molar-refractivity contribution in [3.8, 4) is 0 Å². The fraction of sp³-hybridized carbons (Fsp3) is 0.634. The number of thiazole rings is 1. The van der Waals surface area contributed by atoms with Crippen LogP contribution in [0.3, 0.4) is 0 Å². The van der Waals surface area contributed by atoms with Crippen molar-refractivity contribution in [2.45, 2.75) is 142 Å². The number of aliphatic carboxylic acids is 1. The molecule has 7 unspecified atom stereocenters. The van der Waals surface area contributed by atoms with E-state index in [1.165, 1.54) is 22.1 Å². The lowest BCUT2D eigenvalue weighted by Crippen LogP contribution is -2.60. The largest absolute Gasteiger partial charge is 0.481 e. The Morgan fingerprint density at radius 3 is 2.28 bits per heavy atom. The van der Waals surface area contributed by atoms with Gasteiger partial charge in [-0.15, -0.1) is 11.3 Å².